The van der Waals surface area contributed by atoms with Crippen LogP contribution in [-0.2, 0) is 20.7 Å². The number of aldehydes is 1. The van der Waals surface area contributed by atoms with Gasteiger partial charge in [0.1, 0.15) is 6.29 Å². The van der Waals surface area contributed by atoms with E-state index in [1.807, 2.05) is 6.07 Å². The second-order valence-corrected chi connectivity index (χ2v) is 4.78. The van der Waals surface area contributed by atoms with Crippen molar-refractivity contribution in [1.82, 2.24) is 0 Å². The third-order valence-electron chi connectivity index (χ3n) is 3.49. The number of hydrogen-bond donors (Lipinski definition) is 0. The minimum atomic E-state index is -1.49. The maximum absolute atomic E-state index is 11.6. The average Bonchev–Trinajstić information content (AvgIpc) is 2.60. The summed E-state index contributed by atoms with van der Waals surface area (Å²) in [5.41, 5.74) is -0.846. The minimum absolute atomic E-state index is 0.0655. The second-order valence-electron chi connectivity index (χ2n) is 4.78. The maximum atomic E-state index is 11.6. The number of carbonyl (C=O) groups excluding carboxylic acids is 1. The van der Waals surface area contributed by atoms with Gasteiger partial charge in [-0.1, -0.05) is 0 Å². The number of carbonyl (C=O) groups is 1. The van der Waals surface area contributed by atoms with Crippen molar-refractivity contribution in [1.29, 1.82) is 5.26 Å². The summed E-state index contributed by atoms with van der Waals surface area (Å²) < 4.78 is 26.0. The molecule has 23 heavy (non-hydrogen) atoms. The summed E-state index contributed by atoms with van der Waals surface area (Å²) in [5, 5.41) is 9.50. The van der Waals surface area contributed by atoms with Gasteiger partial charge in [-0.05, 0) is 17.7 Å². The van der Waals surface area contributed by atoms with Gasteiger partial charge in [0.25, 0.3) is 0 Å². The van der Waals surface area contributed by atoms with Gasteiger partial charge in [0.05, 0.1) is 27.4 Å². The summed E-state index contributed by atoms with van der Waals surface area (Å²) in [5.74, 6) is 1.30. The Kier molecular flexibility index (Phi) is 6.82. The van der Waals surface area contributed by atoms with Crippen LogP contribution in [0.5, 0.6) is 17.2 Å². The Morgan fingerprint density at radius 3 is 1.91 bits per heavy atom. The Hall–Kier alpha value is -2.30. The molecule has 0 aliphatic carbocycles. The molecule has 1 rings (SSSR count). The SMILES string of the molecule is COc1cc(CC(C#N)(C=O)C(OC)OC)cc(OC)c1OC. The molecule has 0 N–H and O–H groups in total. The van der Waals surface area contributed by atoms with Crippen LogP contribution in [0.15, 0.2) is 12.1 Å². The predicted molar refractivity (Wildman–Crippen MR) is 81.7 cm³/mol. The zero-order valence-electron chi connectivity index (χ0n) is 13.9. The topological polar surface area (TPSA) is 87.0 Å². The standard InChI is InChI=1S/C16H21NO6/c1-19-12-6-11(7-13(20-2)14(12)21-3)8-16(9-17,10-18)15(22-4)23-5/h6-7,10,15H,8H2,1-5H3. The largest absolute Gasteiger partial charge is 0.493 e. The highest BCUT2D eigenvalue weighted by Gasteiger charge is 2.41. The van der Waals surface area contributed by atoms with Crippen molar-refractivity contribution in [2.45, 2.75) is 12.7 Å². The molecule has 7 nitrogen and oxygen atoms in total. The van der Waals surface area contributed by atoms with Crippen LogP contribution >= 0.6 is 0 Å². The van der Waals surface area contributed by atoms with Gasteiger partial charge in [-0.3, -0.25) is 0 Å². The van der Waals surface area contributed by atoms with Crippen molar-refractivity contribution in [3.63, 3.8) is 0 Å². The van der Waals surface area contributed by atoms with Crippen molar-refractivity contribution >= 4 is 6.29 Å². The van der Waals surface area contributed by atoms with Crippen molar-refractivity contribution in [2.24, 2.45) is 5.41 Å². The van der Waals surface area contributed by atoms with Gasteiger partial charge in [0, 0.05) is 20.6 Å². The first kappa shape index (κ1) is 18.7. The van der Waals surface area contributed by atoms with Crippen LogP contribution in [-0.4, -0.2) is 48.1 Å². The van der Waals surface area contributed by atoms with E-state index in [1.54, 1.807) is 12.1 Å². The molecule has 0 amide bonds. The van der Waals surface area contributed by atoms with E-state index in [-0.39, 0.29) is 6.42 Å². The van der Waals surface area contributed by atoms with Gasteiger partial charge in [-0.2, -0.15) is 5.26 Å². The highest BCUT2D eigenvalue weighted by molar-refractivity contribution is 5.66. The van der Waals surface area contributed by atoms with Crippen molar-refractivity contribution < 1.29 is 28.5 Å². The Morgan fingerprint density at radius 1 is 1.09 bits per heavy atom. The first-order chi connectivity index (χ1) is 11.0. The number of hydrogen-bond acceptors (Lipinski definition) is 7. The molecular formula is C16H21NO6. The molecule has 0 saturated carbocycles. The summed E-state index contributed by atoms with van der Waals surface area (Å²) in [7, 11) is 7.23. The van der Waals surface area contributed by atoms with Crippen molar-refractivity contribution in [3.8, 4) is 23.3 Å². The molecule has 0 aromatic heterocycles. The lowest BCUT2D eigenvalue weighted by atomic mass is 9.83. The predicted octanol–water partition coefficient (Wildman–Crippen LogP) is 1.58. The van der Waals surface area contributed by atoms with E-state index in [1.165, 1.54) is 35.5 Å². The van der Waals surface area contributed by atoms with Gasteiger partial charge < -0.3 is 28.5 Å². The lowest BCUT2D eigenvalue weighted by molar-refractivity contribution is -0.164. The highest BCUT2D eigenvalue weighted by Crippen LogP contribution is 2.40. The Bertz CT molecular complexity index is 553. The molecule has 1 atom stereocenters. The summed E-state index contributed by atoms with van der Waals surface area (Å²) in [4.78, 5) is 11.6. The number of ether oxygens (including phenoxy) is 5. The molecule has 0 fully saturated rings. The van der Waals surface area contributed by atoms with Crippen LogP contribution in [0.4, 0.5) is 0 Å². The highest BCUT2D eigenvalue weighted by atomic mass is 16.7. The van der Waals surface area contributed by atoms with Gasteiger partial charge in [-0.15, -0.1) is 0 Å². The fraction of sp³-hybridized carbons (Fsp3) is 0.500. The number of rotatable bonds is 9. The molecule has 126 valence electrons. The molecule has 0 heterocycles. The fourth-order valence-corrected chi connectivity index (χ4v) is 2.39. The van der Waals surface area contributed by atoms with Crippen LogP contribution in [0.25, 0.3) is 0 Å². The van der Waals surface area contributed by atoms with E-state index >= 15 is 0 Å². The summed E-state index contributed by atoms with van der Waals surface area (Å²) >= 11 is 0. The lowest BCUT2D eigenvalue weighted by Gasteiger charge is -2.28. The van der Waals surface area contributed by atoms with Crippen molar-refractivity contribution in [2.75, 3.05) is 35.5 Å². The number of nitrogens with zero attached hydrogens (tertiary/aromatic N) is 1. The van der Waals surface area contributed by atoms with E-state index in [0.717, 1.165) is 0 Å². The summed E-state index contributed by atoms with van der Waals surface area (Å²) in [6, 6.07) is 5.35. The quantitative estimate of drug-likeness (QED) is 0.503. The van der Waals surface area contributed by atoms with E-state index < -0.39 is 11.7 Å². The van der Waals surface area contributed by atoms with Crippen LogP contribution in [0.3, 0.4) is 0 Å². The van der Waals surface area contributed by atoms with Gasteiger partial charge >= 0.3 is 0 Å². The summed E-state index contributed by atoms with van der Waals surface area (Å²) in [6.07, 6.45) is -0.395. The van der Waals surface area contributed by atoms with Gasteiger partial charge in [0.15, 0.2) is 23.2 Å². The minimum Gasteiger partial charge on any atom is -0.493 e. The molecule has 0 saturated heterocycles. The van der Waals surface area contributed by atoms with E-state index in [0.29, 0.717) is 29.1 Å². The molecule has 0 bridgehead atoms. The maximum Gasteiger partial charge on any atom is 0.203 e. The second kappa shape index (κ2) is 8.36. The van der Waals surface area contributed by atoms with Crippen LogP contribution in [0, 0.1) is 16.7 Å². The average molecular weight is 323 g/mol. The van der Waals surface area contributed by atoms with Crippen LogP contribution < -0.4 is 14.2 Å². The van der Waals surface area contributed by atoms with E-state index in [4.69, 9.17) is 23.7 Å². The zero-order chi connectivity index (χ0) is 17.5. The van der Waals surface area contributed by atoms with Gasteiger partial charge in [0.2, 0.25) is 5.75 Å². The molecule has 1 unspecified atom stereocenters. The number of methoxy groups -OCH3 is 5. The first-order valence-corrected chi connectivity index (χ1v) is 6.77. The smallest absolute Gasteiger partial charge is 0.203 e. The molecule has 0 spiro atoms. The van der Waals surface area contributed by atoms with Crippen LogP contribution in [0.1, 0.15) is 5.56 Å². The molecular weight excluding hydrogens is 302 g/mol. The molecule has 7 heteroatoms. The first-order valence-electron chi connectivity index (χ1n) is 6.77. The lowest BCUT2D eigenvalue weighted by Crippen LogP contribution is -2.40. The zero-order valence-corrected chi connectivity index (χ0v) is 13.9. The van der Waals surface area contributed by atoms with Crippen molar-refractivity contribution in [3.05, 3.63) is 17.7 Å². The van der Waals surface area contributed by atoms with E-state index in [9.17, 15) is 10.1 Å². The molecule has 0 aliphatic rings. The molecule has 1 aromatic carbocycles. The third kappa shape index (κ3) is 3.73. The Morgan fingerprint density at radius 2 is 1.61 bits per heavy atom. The molecule has 0 radical (unpaired) electrons. The number of benzene rings is 1. The summed E-state index contributed by atoms with van der Waals surface area (Å²) in [6.45, 7) is 0. The Labute approximate surface area is 135 Å². The van der Waals surface area contributed by atoms with E-state index in [2.05, 4.69) is 0 Å². The molecule has 1 aromatic rings. The van der Waals surface area contributed by atoms with Crippen LogP contribution in [0.2, 0.25) is 0 Å². The fourth-order valence-electron chi connectivity index (χ4n) is 2.39. The van der Waals surface area contributed by atoms with Gasteiger partial charge in [-0.25, -0.2) is 0 Å². The molecule has 0 aliphatic heterocycles. The normalized spacial score (nSPS) is 13.1. The third-order valence-corrected chi connectivity index (χ3v) is 3.49. The Balaban J connectivity index is 3.35. The number of nitriles is 1. The monoisotopic (exact) mass is 323 g/mol.